The largest absolute Gasteiger partial charge is 0.0736 e. The smallest absolute Gasteiger partial charge is 0.00456 e. The average Bonchev–Trinajstić information content (AvgIpc) is 3.10. The van der Waals surface area contributed by atoms with Crippen LogP contribution in [0.1, 0.15) is 67.2 Å². The normalized spacial score (nSPS) is 25.6. The molecule has 0 fully saturated rings. The van der Waals surface area contributed by atoms with Gasteiger partial charge in [-0.2, -0.15) is 0 Å². The highest BCUT2D eigenvalue weighted by Gasteiger charge is 2.40. The Balaban J connectivity index is 2.34. The molecule has 0 aromatic carbocycles. The summed E-state index contributed by atoms with van der Waals surface area (Å²) >= 11 is 0. The molecule has 0 saturated carbocycles. The Labute approximate surface area is 131 Å². The van der Waals surface area contributed by atoms with Crippen molar-refractivity contribution in [2.45, 2.75) is 67.2 Å². The van der Waals surface area contributed by atoms with Crippen molar-refractivity contribution in [1.82, 2.24) is 0 Å². The minimum atomic E-state index is 0.275. The van der Waals surface area contributed by atoms with Gasteiger partial charge in [-0.1, -0.05) is 88.1 Å². The van der Waals surface area contributed by atoms with Crippen LogP contribution in [0, 0.1) is 17.3 Å². The number of rotatable bonds is 6. The molecule has 0 aromatic heterocycles. The van der Waals surface area contributed by atoms with Crippen LogP contribution < -0.4 is 0 Å². The van der Waals surface area contributed by atoms with Gasteiger partial charge >= 0.3 is 0 Å². The first-order valence-electron chi connectivity index (χ1n) is 8.80. The molecule has 21 heavy (non-hydrogen) atoms. The van der Waals surface area contributed by atoms with Crippen molar-refractivity contribution in [2.75, 3.05) is 0 Å². The van der Waals surface area contributed by atoms with Crippen LogP contribution in [-0.4, -0.2) is 0 Å². The van der Waals surface area contributed by atoms with Crippen LogP contribution in [0.2, 0.25) is 0 Å². The highest BCUT2D eigenvalue weighted by molar-refractivity contribution is 5.42. The van der Waals surface area contributed by atoms with E-state index >= 15 is 0 Å². The lowest BCUT2D eigenvalue weighted by molar-refractivity contribution is 0.229. The van der Waals surface area contributed by atoms with E-state index in [2.05, 4.69) is 65.8 Å². The summed E-state index contributed by atoms with van der Waals surface area (Å²) in [6.07, 6.45) is 14.7. The van der Waals surface area contributed by atoms with Crippen molar-refractivity contribution in [1.29, 1.82) is 0 Å². The predicted molar refractivity (Wildman–Crippen MR) is 94.3 cm³/mol. The zero-order chi connectivity index (χ0) is 15.6. The van der Waals surface area contributed by atoms with Crippen molar-refractivity contribution in [3.63, 3.8) is 0 Å². The summed E-state index contributed by atoms with van der Waals surface area (Å²) in [7, 11) is 0. The van der Waals surface area contributed by atoms with Crippen molar-refractivity contribution in [2.24, 2.45) is 17.3 Å². The Morgan fingerprint density at radius 3 is 1.38 bits per heavy atom. The van der Waals surface area contributed by atoms with Gasteiger partial charge in [0.05, 0.1) is 0 Å². The molecule has 0 nitrogen and oxygen atoms in total. The molecule has 0 saturated heterocycles. The molecule has 0 heteroatoms. The Morgan fingerprint density at radius 1 is 0.714 bits per heavy atom. The maximum Gasteiger partial charge on any atom is 0.00456 e. The SMILES string of the molecule is CCC1=CC(C(C)(C)C2C=C(CC)C=C2CC)C(CC)=C1. The first kappa shape index (κ1) is 16.3. The van der Waals surface area contributed by atoms with Crippen LogP contribution in [-0.2, 0) is 0 Å². The molecule has 0 N–H and O–H groups in total. The van der Waals surface area contributed by atoms with E-state index in [1.54, 1.807) is 11.1 Å². The van der Waals surface area contributed by atoms with Gasteiger partial charge in [0.1, 0.15) is 0 Å². The molecule has 0 bridgehead atoms. The van der Waals surface area contributed by atoms with Crippen molar-refractivity contribution in [3.8, 4) is 0 Å². The Hall–Kier alpha value is -1.04. The zero-order valence-electron chi connectivity index (χ0n) is 14.8. The maximum atomic E-state index is 2.55. The van der Waals surface area contributed by atoms with E-state index in [9.17, 15) is 0 Å². The fourth-order valence-corrected chi connectivity index (χ4v) is 4.06. The second-order valence-electron chi connectivity index (χ2n) is 7.11. The Morgan fingerprint density at radius 2 is 1.10 bits per heavy atom. The standard InChI is InChI=1S/C21H32/c1-7-15-11-17(9-3)19(13-15)21(5,6)20-14-16(8-2)12-18(20)10-4/h11-14,19-20H,7-10H2,1-6H3. The van der Waals surface area contributed by atoms with E-state index in [4.69, 9.17) is 0 Å². The topological polar surface area (TPSA) is 0 Å². The lowest BCUT2D eigenvalue weighted by atomic mass is 9.65. The van der Waals surface area contributed by atoms with Crippen LogP contribution >= 0.6 is 0 Å². The molecule has 0 spiro atoms. The van der Waals surface area contributed by atoms with Gasteiger partial charge < -0.3 is 0 Å². The second-order valence-corrected chi connectivity index (χ2v) is 7.11. The third-order valence-corrected chi connectivity index (χ3v) is 5.54. The average molecular weight is 284 g/mol. The van der Waals surface area contributed by atoms with Gasteiger partial charge in [-0.25, -0.2) is 0 Å². The van der Waals surface area contributed by atoms with Gasteiger partial charge in [-0.15, -0.1) is 0 Å². The van der Waals surface area contributed by atoms with Crippen LogP contribution in [0.3, 0.4) is 0 Å². The lowest BCUT2D eigenvalue weighted by Gasteiger charge is -2.39. The van der Waals surface area contributed by atoms with E-state index in [1.165, 1.54) is 24.0 Å². The number of hydrogen-bond acceptors (Lipinski definition) is 0. The molecule has 2 aliphatic rings. The van der Waals surface area contributed by atoms with Gasteiger partial charge in [-0.3, -0.25) is 0 Å². The molecule has 116 valence electrons. The van der Waals surface area contributed by atoms with Crippen LogP contribution in [0.15, 0.2) is 46.6 Å². The summed E-state index contributed by atoms with van der Waals surface area (Å²) in [6, 6.07) is 0. The molecule has 2 rings (SSSR count). The molecule has 0 aliphatic heterocycles. The highest BCUT2D eigenvalue weighted by Crippen LogP contribution is 2.50. The highest BCUT2D eigenvalue weighted by atomic mass is 14.4. The number of hydrogen-bond donors (Lipinski definition) is 0. The Kier molecular flexibility index (Phi) is 4.96. The molecule has 2 unspecified atom stereocenters. The van der Waals surface area contributed by atoms with Crippen LogP contribution in [0.5, 0.6) is 0 Å². The van der Waals surface area contributed by atoms with E-state index < -0.39 is 0 Å². The fourth-order valence-electron chi connectivity index (χ4n) is 4.06. The molecule has 0 heterocycles. The quantitative estimate of drug-likeness (QED) is 0.514. The zero-order valence-corrected chi connectivity index (χ0v) is 14.8. The minimum Gasteiger partial charge on any atom is -0.0736 e. The fraction of sp³-hybridized carbons (Fsp3) is 0.619. The van der Waals surface area contributed by atoms with Crippen molar-refractivity contribution in [3.05, 3.63) is 46.6 Å². The van der Waals surface area contributed by atoms with Gasteiger partial charge in [0.2, 0.25) is 0 Å². The molecule has 2 atom stereocenters. The number of allylic oxidation sites excluding steroid dienone is 8. The third kappa shape index (κ3) is 2.96. The summed E-state index contributed by atoms with van der Waals surface area (Å²) in [4.78, 5) is 0. The predicted octanol–water partition coefficient (Wildman–Crippen LogP) is 6.62. The Bertz CT molecular complexity index is 462. The molecule has 2 aliphatic carbocycles. The third-order valence-electron chi connectivity index (χ3n) is 5.54. The minimum absolute atomic E-state index is 0.275. The van der Waals surface area contributed by atoms with Gasteiger partial charge in [0.15, 0.2) is 0 Å². The van der Waals surface area contributed by atoms with E-state index in [-0.39, 0.29) is 5.41 Å². The molecule has 0 aromatic rings. The van der Waals surface area contributed by atoms with Gasteiger partial charge in [0, 0.05) is 11.8 Å². The molecular weight excluding hydrogens is 252 g/mol. The lowest BCUT2D eigenvalue weighted by Crippen LogP contribution is -2.31. The van der Waals surface area contributed by atoms with Gasteiger partial charge in [0.25, 0.3) is 0 Å². The first-order valence-corrected chi connectivity index (χ1v) is 8.80. The summed E-state index contributed by atoms with van der Waals surface area (Å²) in [5, 5.41) is 0. The maximum absolute atomic E-state index is 2.55. The van der Waals surface area contributed by atoms with E-state index in [0.29, 0.717) is 11.8 Å². The molecule has 0 radical (unpaired) electrons. The first-order chi connectivity index (χ1) is 9.97. The van der Waals surface area contributed by atoms with Gasteiger partial charge in [-0.05, 0) is 31.1 Å². The van der Waals surface area contributed by atoms with Crippen LogP contribution in [0.4, 0.5) is 0 Å². The van der Waals surface area contributed by atoms with E-state index in [0.717, 1.165) is 12.8 Å². The summed E-state index contributed by atoms with van der Waals surface area (Å²) in [6.45, 7) is 14.1. The molecular formula is C21H32. The second kappa shape index (κ2) is 6.38. The summed E-state index contributed by atoms with van der Waals surface area (Å²) in [5.74, 6) is 1.20. The monoisotopic (exact) mass is 284 g/mol. The molecule has 0 amide bonds. The van der Waals surface area contributed by atoms with Crippen molar-refractivity contribution < 1.29 is 0 Å². The van der Waals surface area contributed by atoms with Crippen LogP contribution in [0.25, 0.3) is 0 Å². The summed E-state index contributed by atoms with van der Waals surface area (Å²) < 4.78 is 0. The van der Waals surface area contributed by atoms with E-state index in [1.807, 2.05) is 0 Å². The van der Waals surface area contributed by atoms with Crippen molar-refractivity contribution >= 4 is 0 Å². The summed E-state index contributed by atoms with van der Waals surface area (Å²) in [5.41, 5.74) is 6.60.